The first-order valence-corrected chi connectivity index (χ1v) is 8.16. The molecular formula is C18H39NO. The van der Waals surface area contributed by atoms with Crippen LogP contribution in [0.15, 0.2) is 0 Å². The van der Waals surface area contributed by atoms with E-state index in [2.05, 4.69) is 69.2 Å². The van der Waals surface area contributed by atoms with Crippen molar-refractivity contribution in [2.45, 2.75) is 93.9 Å². The topological polar surface area (TPSA) is 35.2 Å². The van der Waals surface area contributed by atoms with E-state index in [1.54, 1.807) is 0 Å². The molecular weight excluding hydrogens is 246 g/mol. The maximum absolute atomic E-state index is 6.42. The summed E-state index contributed by atoms with van der Waals surface area (Å²) in [5.74, 6) is 0.973. The van der Waals surface area contributed by atoms with Crippen molar-refractivity contribution in [2.24, 2.45) is 28.4 Å². The van der Waals surface area contributed by atoms with Gasteiger partial charge in [-0.05, 0) is 36.0 Å². The monoisotopic (exact) mass is 285 g/mol. The van der Waals surface area contributed by atoms with E-state index in [9.17, 15) is 0 Å². The van der Waals surface area contributed by atoms with Gasteiger partial charge in [-0.25, -0.2) is 0 Å². The molecule has 0 aliphatic heterocycles. The average Bonchev–Trinajstić information content (AvgIpc) is 2.19. The lowest BCUT2D eigenvalue weighted by Gasteiger charge is -2.41. The molecule has 0 aromatic heterocycles. The lowest BCUT2D eigenvalue weighted by Crippen LogP contribution is -2.46. The Morgan fingerprint density at radius 2 is 1.35 bits per heavy atom. The van der Waals surface area contributed by atoms with Gasteiger partial charge in [-0.2, -0.15) is 0 Å². The van der Waals surface area contributed by atoms with Crippen LogP contribution in [0.4, 0.5) is 0 Å². The van der Waals surface area contributed by atoms with E-state index >= 15 is 0 Å². The zero-order chi connectivity index (χ0) is 16.3. The number of nitrogens with two attached hydrogens (primary N) is 1. The predicted molar refractivity (Wildman–Crippen MR) is 89.8 cm³/mol. The fourth-order valence-electron chi connectivity index (χ4n) is 3.13. The molecule has 0 aromatic carbocycles. The molecule has 2 N–H and O–H groups in total. The van der Waals surface area contributed by atoms with Crippen LogP contribution < -0.4 is 5.73 Å². The fraction of sp³-hybridized carbons (Fsp3) is 1.00. The van der Waals surface area contributed by atoms with Gasteiger partial charge in [0.25, 0.3) is 0 Å². The first-order chi connectivity index (χ1) is 8.75. The first kappa shape index (κ1) is 19.9. The smallest absolute Gasteiger partial charge is 0.0704 e. The van der Waals surface area contributed by atoms with E-state index in [4.69, 9.17) is 10.5 Å². The number of hydrogen-bond donors (Lipinski definition) is 1. The molecule has 0 rings (SSSR count). The lowest BCUT2D eigenvalue weighted by atomic mass is 9.75. The van der Waals surface area contributed by atoms with Crippen molar-refractivity contribution in [1.29, 1.82) is 0 Å². The minimum Gasteiger partial charge on any atom is -0.373 e. The molecule has 2 heteroatoms. The van der Waals surface area contributed by atoms with Gasteiger partial charge in [0.05, 0.1) is 12.2 Å². The third kappa shape index (κ3) is 7.08. The van der Waals surface area contributed by atoms with Gasteiger partial charge in [-0.3, -0.25) is 0 Å². The molecule has 0 spiro atoms. The van der Waals surface area contributed by atoms with Crippen molar-refractivity contribution >= 4 is 0 Å². The molecule has 0 heterocycles. The van der Waals surface area contributed by atoms with Gasteiger partial charge in [0.1, 0.15) is 0 Å². The van der Waals surface area contributed by atoms with Crippen molar-refractivity contribution in [3.05, 3.63) is 0 Å². The Hall–Kier alpha value is -0.0800. The molecule has 0 aliphatic rings. The van der Waals surface area contributed by atoms with Crippen LogP contribution in [0.1, 0.15) is 75.7 Å². The van der Waals surface area contributed by atoms with Crippen molar-refractivity contribution in [3.8, 4) is 0 Å². The van der Waals surface area contributed by atoms with Crippen molar-refractivity contribution in [3.63, 3.8) is 0 Å². The molecule has 0 amide bonds. The highest BCUT2D eigenvalue weighted by Gasteiger charge is 2.35. The van der Waals surface area contributed by atoms with Crippen LogP contribution in [0.2, 0.25) is 0 Å². The van der Waals surface area contributed by atoms with E-state index in [1.807, 2.05) is 0 Å². The summed E-state index contributed by atoms with van der Waals surface area (Å²) in [6.45, 7) is 22.5. The quantitative estimate of drug-likeness (QED) is 0.756. The Labute approximate surface area is 127 Å². The first-order valence-electron chi connectivity index (χ1n) is 8.16. The Morgan fingerprint density at radius 3 is 1.65 bits per heavy atom. The van der Waals surface area contributed by atoms with Crippen LogP contribution in [0.25, 0.3) is 0 Å². The van der Waals surface area contributed by atoms with Gasteiger partial charge in [0.15, 0.2) is 0 Å². The maximum Gasteiger partial charge on any atom is 0.0704 e. The minimum atomic E-state index is 0.0987. The SMILES string of the molecule is CC(C)C(N)C(C)OC(C(C)CC(C)(C)C)C(C)(C)C. The molecule has 122 valence electrons. The van der Waals surface area contributed by atoms with Crippen molar-refractivity contribution < 1.29 is 4.74 Å². The normalized spacial score (nSPS) is 19.8. The average molecular weight is 286 g/mol. The summed E-state index contributed by atoms with van der Waals surface area (Å²) in [4.78, 5) is 0. The van der Waals surface area contributed by atoms with Crippen molar-refractivity contribution in [2.75, 3.05) is 0 Å². The molecule has 0 fully saturated rings. The zero-order valence-corrected chi connectivity index (χ0v) is 15.6. The highest BCUT2D eigenvalue weighted by atomic mass is 16.5. The number of rotatable bonds is 6. The second-order valence-electron chi connectivity index (χ2n) is 9.19. The summed E-state index contributed by atoms with van der Waals surface area (Å²) in [5, 5.41) is 0. The molecule has 2 nitrogen and oxygen atoms in total. The summed E-state index contributed by atoms with van der Waals surface area (Å²) in [6.07, 6.45) is 1.50. The van der Waals surface area contributed by atoms with E-state index in [0.717, 1.165) is 0 Å². The maximum atomic E-state index is 6.42. The van der Waals surface area contributed by atoms with Crippen molar-refractivity contribution in [1.82, 2.24) is 0 Å². The number of ether oxygens (including phenoxy) is 1. The van der Waals surface area contributed by atoms with Crippen LogP contribution in [-0.2, 0) is 4.74 Å². The molecule has 0 bridgehead atoms. The Kier molecular flexibility index (Phi) is 7.24. The molecule has 20 heavy (non-hydrogen) atoms. The van der Waals surface area contributed by atoms with Crippen LogP contribution in [0.3, 0.4) is 0 Å². The molecule has 0 aromatic rings. The second-order valence-corrected chi connectivity index (χ2v) is 9.19. The molecule has 0 radical (unpaired) electrons. The van der Waals surface area contributed by atoms with E-state index in [0.29, 0.717) is 17.3 Å². The molecule has 0 aliphatic carbocycles. The molecule has 0 saturated heterocycles. The summed E-state index contributed by atoms with van der Waals surface area (Å²) in [6, 6.07) is 0.0988. The van der Waals surface area contributed by atoms with Crippen LogP contribution in [0.5, 0.6) is 0 Å². The second kappa shape index (κ2) is 7.26. The van der Waals surface area contributed by atoms with Crippen LogP contribution in [-0.4, -0.2) is 18.2 Å². The van der Waals surface area contributed by atoms with Crippen LogP contribution >= 0.6 is 0 Å². The Morgan fingerprint density at radius 1 is 0.900 bits per heavy atom. The standard InChI is InChI=1S/C18H39NO/c1-12(2)15(19)14(4)20-16(18(8,9)10)13(3)11-17(5,6)7/h12-16H,11,19H2,1-10H3. The van der Waals surface area contributed by atoms with Crippen LogP contribution in [0, 0.1) is 22.7 Å². The zero-order valence-electron chi connectivity index (χ0n) is 15.6. The summed E-state index contributed by atoms with van der Waals surface area (Å²) >= 11 is 0. The van der Waals surface area contributed by atoms with Gasteiger partial charge in [-0.15, -0.1) is 0 Å². The van der Waals surface area contributed by atoms with E-state index in [-0.39, 0.29) is 23.7 Å². The molecule has 0 saturated carbocycles. The predicted octanol–water partition coefficient (Wildman–Crippen LogP) is 4.86. The third-order valence-corrected chi connectivity index (χ3v) is 3.98. The van der Waals surface area contributed by atoms with Gasteiger partial charge >= 0.3 is 0 Å². The summed E-state index contributed by atoms with van der Waals surface area (Å²) in [5.41, 5.74) is 6.72. The third-order valence-electron chi connectivity index (χ3n) is 3.98. The Bertz CT molecular complexity index is 272. The van der Waals surface area contributed by atoms with Gasteiger partial charge in [-0.1, -0.05) is 62.3 Å². The highest BCUT2D eigenvalue weighted by molar-refractivity contribution is 4.85. The van der Waals surface area contributed by atoms with E-state index in [1.165, 1.54) is 6.42 Å². The van der Waals surface area contributed by atoms with Gasteiger partial charge in [0, 0.05) is 6.04 Å². The number of hydrogen-bond acceptors (Lipinski definition) is 2. The highest BCUT2D eigenvalue weighted by Crippen LogP contribution is 2.36. The summed E-state index contributed by atoms with van der Waals surface area (Å²) < 4.78 is 6.42. The molecule has 4 atom stereocenters. The van der Waals surface area contributed by atoms with Gasteiger partial charge < -0.3 is 10.5 Å². The Balaban J connectivity index is 4.92. The van der Waals surface area contributed by atoms with E-state index < -0.39 is 0 Å². The lowest BCUT2D eigenvalue weighted by molar-refractivity contribution is -0.104. The van der Waals surface area contributed by atoms with Gasteiger partial charge in [0.2, 0.25) is 0 Å². The minimum absolute atomic E-state index is 0.0987. The largest absolute Gasteiger partial charge is 0.373 e. The fourth-order valence-corrected chi connectivity index (χ4v) is 3.13. The molecule has 4 unspecified atom stereocenters. The summed E-state index contributed by atoms with van der Waals surface area (Å²) in [7, 11) is 0.